The molecule has 4 heterocycles. The Kier molecular flexibility index (Phi) is 17.7. The molecule has 4 saturated heterocycles. The van der Waals surface area contributed by atoms with Gasteiger partial charge in [0.05, 0.1) is 42.0 Å². The van der Waals surface area contributed by atoms with E-state index < -0.39 is 108 Å². The molecule has 0 bridgehead atoms. The molecule has 0 aromatic heterocycles. The molecule has 4 aliphatic rings. The van der Waals surface area contributed by atoms with Crippen molar-refractivity contribution in [2.75, 3.05) is 48.9 Å². The molecule has 0 aromatic rings. The Hall–Kier alpha value is -2.03. The molecule has 366 valence electrons. The zero-order valence-corrected chi connectivity index (χ0v) is 41.8. The number of rotatable bonds is 10. The van der Waals surface area contributed by atoms with Crippen molar-refractivity contribution in [2.24, 2.45) is 17.8 Å². The Morgan fingerprint density at radius 3 is 2.05 bits per heavy atom. The molecule has 0 aliphatic carbocycles. The van der Waals surface area contributed by atoms with Gasteiger partial charge in [0.2, 0.25) is 5.91 Å². The van der Waals surface area contributed by atoms with E-state index in [-0.39, 0.29) is 36.9 Å². The fourth-order valence-electron chi connectivity index (χ4n) is 10.6. The Labute approximate surface area is 377 Å². The highest BCUT2D eigenvalue weighted by atomic mass is 16.8. The highest BCUT2D eigenvalue weighted by Gasteiger charge is 2.61. The lowest BCUT2D eigenvalue weighted by Crippen LogP contribution is -2.61. The zero-order chi connectivity index (χ0) is 47.7. The first-order valence-corrected chi connectivity index (χ1v) is 22.9. The van der Waals surface area contributed by atoms with Crippen LogP contribution in [0.5, 0.6) is 0 Å². The third kappa shape index (κ3) is 11.9. The maximum atomic E-state index is 14.9. The highest BCUT2D eigenvalue weighted by molar-refractivity contribution is 5.73. The van der Waals surface area contributed by atoms with E-state index in [0.29, 0.717) is 19.4 Å². The number of esters is 3. The second-order valence-electron chi connectivity index (χ2n) is 20.3. The monoisotopic (exact) mass is 902 g/mol. The Bertz CT molecular complexity index is 1550. The summed E-state index contributed by atoms with van der Waals surface area (Å²) >= 11 is 0. The van der Waals surface area contributed by atoms with Crippen molar-refractivity contribution in [3.8, 4) is 0 Å². The van der Waals surface area contributed by atoms with Crippen molar-refractivity contribution in [2.45, 2.75) is 212 Å². The van der Waals surface area contributed by atoms with E-state index in [0.717, 1.165) is 0 Å². The molecule has 4 fully saturated rings. The number of carbonyl (C=O) groups excluding carboxylic acids is 3. The van der Waals surface area contributed by atoms with Gasteiger partial charge in [0.15, 0.2) is 24.8 Å². The van der Waals surface area contributed by atoms with Crippen molar-refractivity contribution in [3.05, 3.63) is 0 Å². The Balaban J connectivity index is 1.90. The first-order chi connectivity index (χ1) is 29.0. The van der Waals surface area contributed by atoms with E-state index >= 15 is 0 Å². The number of fused-ring (bicyclic) bond motifs is 1. The van der Waals surface area contributed by atoms with E-state index in [2.05, 4.69) is 18.7 Å². The SMILES string of the molecule is CC[C@H]1OC(=O)[C@H](C)[C@@H](O[C@H]2C[C@@](C)(OC)[C@@H](OC(C)=O)[C@H](C)O2)[C@H](C)[C@@H](O[C@@H]2O[C@H](C)C[C@H](N(C)C)[C@H]2OC(C)=O)[C@](C)(O)C[C@@H](C)CN(C)[C@H](C)[C@H]2OC(C)(N(C)C)O[C@@]21C. The van der Waals surface area contributed by atoms with E-state index in [1.165, 1.54) is 13.8 Å². The number of aliphatic hydroxyl groups is 1. The summed E-state index contributed by atoms with van der Waals surface area (Å²) in [6.45, 7) is 24.1. The lowest BCUT2D eigenvalue weighted by Gasteiger charge is -2.49. The minimum Gasteiger partial charge on any atom is -0.459 e. The topological polar surface area (TPSA) is 173 Å². The highest BCUT2D eigenvalue weighted by Crippen LogP contribution is 2.46. The summed E-state index contributed by atoms with van der Waals surface area (Å²) in [4.78, 5) is 45.8. The number of nitrogens with zero attached hydrogens (tertiary/aromatic N) is 3. The summed E-state index contributed by atoms with van der Waals surface area (Å²) in [6.07, 6.45) is -6.60. The van der Waals surface area contributed by atoms with Crippen LogP contribution in [-0.4, -0.2) is 183 Å². The van der Waals surface area contributed by atoms with E-state index in [1.807, 2.05) is 86.6 Å². The number of methoxy groups -OCH3 is 1. The van der Waals surface area contributed by atoms with E-state index in [9.17, 15) is 19.5 Å². The van der Waals surface area contributed by atoms with Crippen molar-refractivity contribution in [3.63, 3.8) is 0 Å². The predicted molar refractivity (Wildman–Crippen MR) is 233 cm³/mol. The molecule has 0 radical (unpaired) electrons. The average Bonchev–Trinajstić information content (AvgIpc) is 3.46. The maximum Gasteiger partial charge on any atom is 0.311 e. The van der Waals surface area contributed by atoms with Gasteiger partial charge in [0, 0.05) is 52.8 Å². The van der Waals surface area contributed by atoms with Gasteiger partial charge in [-0.1, -0.05) is 20.8 Å². The maximum absolute atomic E-state index is 14.9. The van der Waals surface area contributed by atoms with Crippen molar-refractivity contribution >= 4 is 17.9 Å². The molecule has 19 atom stereocenters. The predicted octanol–water partition coefficient (Wildman–Crippen LogP) is 4.34. The number of hydrogen-bond donors (Lipinski definition) is 1. The molecule has 4 rings (SSSR count). The second-order valence-corrected chi connectivity index (χ2v) is 20.3. The number of hydrogen-bond acceptors (Lipinski definition) is 17. The van der Waals surface area contributed by atoms with Gasteiger partial charge in [0.25, 0.3) is 0 Å². The molecular weight excluding hydrogens is 819 g/mol. The van der Waals surface area contributed by atoms with Crippen LogP contribution in [0.25, 0.3) is 0 Å². The summed E-state index contributed by atoms with van der Waals surface area (Å²) in [5, 5.41) is 13.0. The van der Waals surface area contributed by atoms with Crippen LogP contribution < -0.4 is 0 Å². The van der Waals surface area contributed by atoms with Crippen molar-refractivity contribution < 1.29 is 66.9 Å². The summed E-state index contributed by atoms with van der Waals surface area (Å²) in [7, 11) is 11.2. The Morgan fingerprint density at radius 2 is 1.51 bits per heavy atom. The van der Waals surface area contributed by atoms with Crippen LogP contribution in [0.3, 0.4) is 0 Å². The van der Waals surface area contributed by atoms with E-state index in [4.69, 9.17) is 47.4 Å². The second kappa shape index (κ2) is 20.9. The molecule has 4 aliphatic heterocycles. The molecule has 63 heavy (non-hydrogen) atoms. The van der Waals surface area contributed by atoms with Gasteiger partial charge in [-0.25, -0.2) is 0 Å². The summed E-state index contributed by atoms with van der Waals surface area (Å²) < 4.78 is 64.8. The largest absolute Gasteiger partial charge is 0.459 e. The summed E-state index contributed by atoms with van der Waals surface area (Å²) in [5.74, 6) is -4.50. The smallest absolute Gasteiger partial charge is 0.311 e. The number of likely N-dealkylation sites (N-methyl/N-ethyl adjacent to an activating group) is 2. The van der Waals surface area contributed by atoms with Crippen LogP contribution in [-0.2, 0) is 61.8 Å². The van der Waals surface area contributed by atoms with Gasteiger partial charge in [-0.3, -0.25) is 19.3 Å². The molecule has 1 N–H and O–H groups in total. The van der Waals surface area contributed by atoms with Crippen LogP contribution in [0, 0.1) is 17.8 Å². The van der Waals surface area contributed by atoms with Gasteiger partial charge in [0.1, 0.15) is 23.4 Å². The molecular formula is C46H83N3O14. The Morgan fingerprint density at radius 1 is 0.889 bits per heavy atom. The van der Waals surface area contributed by atoms with Gasteiger partial charge in [-0.2, -0.15) is 0 Å². The lowest BCUT2D eigenvalue weighted by atomic mass is 9.77. The minimum atomic E-state index is -1.58. The number of carbonyl (C=O) groups is 3. The lowest BCUT2D eigenvalue weighted by molar-refractivity contribution is -0.319. The third-order valence-corrected chi connectivity index (χ3v) is 14.2. The van der Waals surface area contributed by atoms with Gasteiger partial charge in [-0.15, -0.1) is 0 Å². The quantitative estimate of drug-likeness (QED) is 0.242. The van der Waals surface area contributed by atoms with Crippen molar-refractivity contribution in [1.82, 2.24) is 14.7 Å². The van der Waals surface area contributed by atoms with Crippen LogP contribution >= 0.6 is 0 Å². The number of cyclic esters (lactones) is 1. The van der Waals surface area contributed by atoms with Gasteiger partial charge < -0.3 is 62.3 Å². The molecule has 0 amide bonds. The third-order valence-electron chi connectivity index (χ3n) is 14.2. The summed E-state index contributed by atoms with van der Waals surface area (Å²) in [5.41, 5.74) is -3.69. The minimum absolute atomic E-state index is 0.102. The fourth-order valence-corrected chi connectivity index (χ4v) is 10.6. The van der Waals surface area contributed by atoms with Crippen molar-refractivity contribution in [1.29, 1.82) is 0 Å². The molecule has 17 nitrogen and oxygen atoms in total. The van der Waals surface area contributed by atoms with E-state index in [1.54, 1.807) is 27.9 Å². The first-order valence-electron chi connectivity index (χ1n) is 22.9. The van der Waals surface area contributed by atoms with Crippen LogP contribution in [0.2, 0.25) is 0 Å². The standard InChI is InChI=1S/C46H83N3O14/c1-20-34-45(12)39(62-46(13,63-45)48(16)17)29(6)49(18)24-25(2)22-43(10,53)38(61-42-37(57-31(8)50)33(47(14)15)21-26(3)55-42)27(4)36(28(5)41(52)59-34)60-35-23-44(11,54-19)40(30(7)56-35)58-32(9)51/h25-30,33-40,42,53H,20-24H2,1-19H3/t25-,26-,27+,28-,29-,30+,33+,34-,35+,36+,37-,38-,39-,40+,42+,43-,44-,45-,46?/m1/s1. The zero-order valence-electron chi connectivity index (χ0n) is 41.8. The average molecular weight is 902 g/mol. The molecule has 1 unspecified atom stereocenters. The normalized spacial score (nSPS) is 46.1. The molecule has 17 heteroatoms. The van der Waals surface area contributed by atoms with Crippen LogP contribution in [0.4, 0.5) is 0 Å². The molecule has 0 aromatic carbocycles. The molecule has 0 saturated carbocycles. The molecule has 0 spiro atoms. The van der Waals surface area contributed by atoms with Crippen LogP contribution in [0.1, 0.15) is 116 Å². The van der Waals surface area contributed by atoms with Crippen LogP contribution in [0.15, 0.2) is 0 Å². The fraction of sp³-hybridized carbons (Fsp3) is 0.935. The summed E-state index contributed by atoms with van der Waals surface area (Å²) in [6, 6.07) is -0.484. The van der Waals surface area contributed by atoms with Gasteiger partial charge in [-0.05, 0) is 109 Å². The number of ether oxygens (including phenoxy) is 10. The van der Waals surface area contributed by atoms with Gasteiger partial charge >= 0.3 is 17.9 Å². The first kappa shape index (κ1) is 53.6.